The van der Waals surface area contributed by atoms with Gasteiger partial charge in [0.2, 0.25) is 9.84 Å². The van der Waals surface area contributed by atoms with Crippen LogP contribution in [0.5, 0.6) is 0 Å². The van der Waals surface area contributed by atoms with Crippen molar-refractivity contribution in [2.75, 3.05) is 5.73 Å². The molecule has 2 N–H and O–H groups in total. The van der Waals surface area contributed by atoms with Crippen molar-refractivity contribution in [3.63, 3.8) is 0 Å². The predicted octanol–water partition coefficient (Wildman–Crippen LogP) is 0.934. The first-order valence-electron chi connectivity index (χ1n) is 5.89. The zero-order chi connectivity index (χ0) is 14.0. The molecule has 2 heterocycles. The van der Waals surface area contributed by atoms with Crippen LogP contribution in [0.3, 0.4) is 0 Å². The molecule has 0 aliphatic heterocycles. The van der Waals surface area contributed by atoms with Crippen molar-refractivity contribution in [1.82, 2.24) is 14.8 Å². The molecule has 0 aliphatic carbocycles. The molecule has 0 fully saturated rings. The lowest BCUT2D eigenvalue weighted by Gasteiger charge is -2.06. The van der Waals surface area contributed by atoms with Crippen molar-refractivity contribution in [2.24, 2.45) is 7.05 Å². The fraction of sp³-hybridized carbons (Fsp3) is 0.333. The van der Waals surface area contributed by atoms with Crippen LogP contribution < -0.4 is 5.73 Å². The van der Waals surface area contributed by atoms with Gasteiger partial charge in [-0.2, -0.15) is 5.10 Å². The average molecular weight is 280 g/mol. The number of aryl methyl sites for hydroxylation is 2. The molecule has 0 aromatic carbocycles. The molecule has 6 nitrogen and oxygen atoms in total. The van der Waals surface area contributed by atoms with E-state index in [1.165, 1.54) is 12.3 Å². The molecule has 19 heavy (non-hydrogen) atoms. The highest BCUT2D eigenvalue weighted by Crippen LogP contribution is 2.19. The van der Waals surface area contributed by atoms with Gasteiger partial charge in [-0.15, -0.1) is 0 Å². The van der Waals surface area contributed by atoms with Crippen LogP contribution in [0.4, 0.5) is 5.69 Å². The maximum absolute atomic E-state index is 12.3. The number of aromatic nitrogens is 3. The third-order valence-corrected chi connectivity index (χ3v) is 4.43. The first-order valence-corrected chi connectivity index (χ1v) is 7.54. The minimum atomic E-state index is -3.56. The summed E-state index contributed by atoms with van der Waals surface area (Å²) >= 11 is 0. The van der Waals surface area contributed by atoms with Gasteiger partial charge in [-0.25, -0.2) is 13.4 Å². The summed E-state index contributed by atoms with van der Waals surface area (Å²) in [6.07, 6.45) is 2.18. The number of nitrogens with two attached hydrogens (primary N) is 1. The summed E-state index contributed by atoms with van der Waals surface area (Å²) in [6, 6.07) is 4.92. The van der Waals surface area contributed by atoms with Gasteiger partial charge >= 0.3 is 0 Å². The molecule has 2 rings (SSSR count). The fourth-order valence-corrected chi connectivity index (χ4v) is 3.25. The van der Waals surface area contributed by atoms with Crippen molar-refractivity contribution >= 4 is 15.5 Å². The molecule has 7 heteroatoms. The summed E-state index contributed by atoms with van der Waals surface area (Å²) in [5.74, 6) is -0.155. The summed E-state index contributed by atoms with van der Waals surface area (Å²) < 4.78 is 26.2. The predicted molar refractivity (Wildman–Crippen MR) is 72.1 cm³/mol. The van der Waals surface area contributed by atoms with Gasteiger partial charge in [0.1, 0.15) is 0 Å². The minimum Gasteiger partial charge on any atom is -0.396 e. The molecule has 102 valence electrons. The molecule has 0 radical (unpaired) electrons. The molecule has 2 aromatic heterocycles. The Kier molecular flexibility index (Phi) is 3.57. The summed E-state index contributed by atoms with van der Waals surface area (Å²) in [6.45, 7) is 1.97. The van der Waals surface area contributed by atoms with Crippen LogP contribution in [-0.2, 0) is 29.1 Å². The van der Waals surface area contributed by atoms with E-state index < -0.39 is 9.84 Å². The first kappa shape index (κ1) is 13.5. The number of sulfone groups is 1. The molecule has 0 saturated heterocycles. The standard InChI is InChI=1S/C12H16N4O2S/c1-3-9-7-10(16(2)15-9)8-19(17,18)12-11(13)5-4-6-14-12/h4-7H,3,8,13H2,1-2H3. The Balaban J connectivity index is 2.36. The maximum Gasteiger partial charge on any atom is 0.203 e. The zero-order valence-corrected chi connectivity index (χ0v) is 11.7. The highest BCUT2D eigenvalue weighted by Gasteiger charge is 2.21. The second-order valence-corrected chi connectivity index (χ2v) is 6.17. The van der Waals surface area contributed by atoms with Crippen LogP contribution in [0.15, 0.2) is 29.4 Å². The number of nitrogens with zero attached hydrogens (tertiary/aromatic N) is 3. The van der Waals surface area contributed by atoms with Crippen LogP contribution in [0.1, 0.15) is 18.3 Å². The molecule has 0 bridgehead atoms. The quantitative estimate of drug-likeness (QED) is 0.899. The Morgan fingerprint density at radius 1 is 1.42 bits per heavy atom. The van der Waals surface area contributed by atoms with Gasteiger partial charge in [0.25, 0.3) is 0 Å². The Morgan fingerprint density at radius 3 is 2.74 bits per heavy atom. The maximum atomic E-state index is 12.3. The van der Waals surface area contributed by atoms with Crippen molar-refractivity contribution in [3.8, 4) is 0 Å². The molecule has 2 aromatic rings. The number of nitrogen functional groups attached to an aromatic ring is 1. The highest BCUT2D eigenvalue weighted by molar-refractivity contribution is 7.90. The van der Waals surface area contributed by atoms with Gasteiger partial charge in [0, 0.05) is 13.2 Å². The summed E-state index contributed by atoms with van der Waals surface area (Å²) in [7, 11) is -1.83. The van der Waals surface area contributed by atoms with Crippen LogP contribution in [-0.4, -0.2) is 23.2 Å². The van der Waals surface area contributed by atoms with Gasteiger partial charge in [-0.3, -0.25) is 4.68 Å². The Morgan fingerprint density at radius 2 is 2.16 bits per heavy atom. The van der Waals surface area contributed by atoms with E-state index in [0.29, 0.717) is 5.69 Å². The topological polar surface area (TPSA) is 90.9 Å². The van der Waals surface area contributed by atoms with Crippen molar-refractivity contribution in [2.45, 2.75) is 24.1 Å². The van der Waals surface area contributed by atoms with Gasteiger partial charge < -0.3 is 5.73 Å². The molecule has 0 unspecified atom stereocenters. The first-order chi connectivity index (χ1) is 8.94. The van der Waals surface area contributed by atoms with Crippen LogP contribution in [0.2, 0.25) is 0 Å². The fourth-order valence-electron chi connectivity index (χ4n) is 1.81. The average Bonchev–Trinajstić information content (AvgIpc) is 2.70. The number of pyridine rings is 1. The van der Waals surface area contributed by atoms with Gasteiger partial charge in [0.05, 0.1) is 22.8 Å². The summed E-state index contributed by atoms with van der Waals surface area (Å²) in [5, 5.41) is 4.16. The number of hydrogen-bond acceptors (Lipinski definition) is 5. The van der Waals surface area contributed by atoms with Crippen LogP contribution >= 0.6 is 0 Å². The van der Waals surface area contributed by atoms with Gasteiger partial charge in [0.15, 0.2) is 5.03 Å². The second-order valence-electron chi connectivity index (χ2n) is 4.26. The molecular weight excluding hydrogens is 264 g/mol. The van der Waals surface area contributed by atoms with Crippen LogP contribution in [0, 0.1) is 0 Å². The smallest absolute Gasteiger partial charge is 0.203 e. The van der Waals surface area contributed by atoms with Crippen molar-refractivity contribution in [3.05, 3.63) is 35.8 Å². The third kappa shape index (κ3) is 2.76. The Bertz CT molecular complexity index is 692. The van der Waals surface area contributed by atoms with E-state index in [9.17, 15) is 8.42 Å². The zero-order valence-electron chi connectivity index (χ0n) is 10.9. The monoisotopic (exact) mass is 280 g/mol. The van der Waals surface area contributed by atoms with Crippen molar-refractivity contribution < 1.29 is 8.42 Å². The molecular formula is C12H16N4O2S. The van der Waals surface area contributed by atoms with E-state index in [2.05, 4.69) is 10.1 Å². The number of rotatable bonds is 4. The Hall–Kier alpha value is -1.89. The summed E-state index contributed by atoms with van der Waals surface area (Å²) in [5.41, 5.74) is 7.32. The number of anilines is 1. The number of hydrogen-bond donors (Lipinski definition) is 1. The highest BCUT2D eigenvalue weighted by atomic mass is 32.2. The molecule has 0 saturated carbocycles. The normalized spacial score (nSPS) is 11.7. The SMILES string of the molecule is CCc1cc(CS(=O)(=O)c2ncccc2N)n(C)n1. The van der Waals surface area contributed by atoms with E-state index in [4.69, 9.17) is 5.73 Å². The van der Waals surface area contributed by atoms with E-state index in [0.717, 1.165) is 12.1 Å². The third-order valence-electron chi connectivity index (χ3n) is 2.82. The van der Waals surface area contributed by atoms with Crippen molar-refractivity contribution in [1.29, 1.82) is 0 Å². The van der Waals surface area contributed by atoms with E-state index >= 15 is 0 Å². The molecule has 0 amide bonds. The van der Waals surface area contributed by atoms with Crippen LogP contribution in [0.25, 0.3) is 0 Å². The van der Waals surface area contributed by atoms with Gasteiger partial charge in [-0.1, -0.05) is 6.92 Å². The summed E-state index contributed by atoms with van der Waals surface area (Å²) in [4.78, 5) is 3.86. The van der Waals surface area contributed by atoms with Gasteiger partial charge in [-0.05, 0) is 24.6 Å². The van der Waals surface area contributed by atoms with E-state index in [1.54, 1.807) is 23.9 Å². The lowest BCUT2D eigenvalue weighted by Crippen LogP contribution is -2.12. The second kappa shape index (κ2) is 5.00. The molecule has 0 spiro atoms. The largest absolute Gasteiger partial charge is 0.396 e. The molecule has 0 atom stereocenters. The van der Waals surface area contributed by atoms with E-state index in [-0.39, 0.29) is 16.5 Å². The lowest BCUT2D eigenvalue weighted by atomic mass is 10.3. The lowest BCUT2D eigenvalue weighted by molar-refractivity contribution is 0.588. The molecule has 0 aliphatic rings. The van der Waals surface area contributed by atoms with E-state index in [1.807, 2.05) is 6.92 Å². The minimum absolute atomic E-state index is 0.0748. The Labute approximate surface area is 112 Å².